The maximum Gasteiger partial charge on any atom is 0.224 e. The monoisotopic (exact) mass is 184 g/mol. The Bertz CT molecular complexity index is 287. The van der Waals surface area contributed by atoms with Crippen LogP contribution in [0.3, 0.4) is 0 Å². The first-order chi connectivity index (χ1) is 6.09. The molecule has 0 atom stereocenters. The summed E-state index contributed by atoms with van der Waals surface area (Å²) in [5.41, 5.74) is 5.26. The molecule has 5 heteroatoms. The molecule has 1 aromatic heterocycles. The second-order valence-electron chi connectivity index (χ2n) is 3.20. The van der Waals surface area contributed by atoms with Crippen molar-refractivity contribution in [2.75, 3.05) is 17.6 Å². The first-order valence-corrected chi connectivity index (χ1v) is 4.11. The molecule has 0 unspecified atom stereocenters. The summed E-state index contributed by atoms with van der Waals surface area (Å²) in [7, 11) is 0. The van der Waals surface area contributed by atoms with E-state index in [0.717, 1.165) is 12.7 Å². The van der Waals surface area contributed by atoms with Crippen LogP contribution in [0.4, 0.5) is 16.2 Å². The SMILES string of the molecule is CC(C)CNc1ncc(F)c(N)n1. The lowest BCUT2D eigenvalue weighted by atomic mass is 10.2. The third-order valence-electron chi connectivity index (χ3n) is 1.44. The molecule has 0 bridgehead atoms. The van der Waals surface area contributed by atoms with E-state index >= 15 is 0 Å². The van der Waals surface area contributed by atoms with E-state index in [1.165, 1.54) is 0 Å². The Hall–Kier alpha value is -1.39. The molecular formula is C8H13FN4. The lowest BCUT2D eigenvalue weighted by Gasteiger charge is -2.07. The van der Waals surface area contributed by atoms with Crippen molar-refractivity contribution < 1.29 is 4.39 Å². The average molecular weight is 184 g/mol. The normalized spacial score (nSPS) is 10.5. The van der Waals surface area contributed by atoms with Gasteiger partial charge in [-0.05, 0) is 5.92 Å². The lowest BCUT2D eigenvalue weighted by molar-refractivity contribution is 0.619. The standard InChI is InChI=1S/C8H13FN4/c1-5(2)3-11-8-12-4-6(9)7(10)13-8/h4-5H,3H2,1-2H3,(H3,10,11,12,13). The van der Waals surface area contributed by atoms with Gasteiger partial charge in [0.2, 0.25) is 5.95 Å². The van der Waals surface area contributed by atoms with Crippen molar-refractivity contribution in [3.63, 3.8) is 0 Å². The number of anilines is 2. The van der Waals surface area contributed by atoms with E-state index in [0.29, 0.717) is 11.9 Å². The van der Waals surface area contributed by atoms with Crippen LogP contribution in [0.5, 0.6) is 0 Å². The van der Waals surface area contributed by atoms with Gasteiger partial charge in [-0.3, -0.25) is 0 Å². The number of rotatable bonds is 3. The van der Waals surface area contributed by atoms with Crippen molar-refractivity contribution in [1.29, 1.82) is 0 Å². The van der Waals surface area contributed by atoms with Crippen molar-refractivity contribution in [2.24, 2.45) is 5.92 Å². The van der Waals surface area contributed by atoms with Crippen molar-refractivity contribution in [3.05, 3.63) is 12.0 Å². The molecule has 72 valence electrons. The lowest BCUT2D eigenvalue weighted by Crippen LogP contribution is -2.11. The highest BCUT2D eigenvalue weighted by molar-refractivity contribution is 5.36. The summed E-state index contributed by atoms with van der Waals surface area (Å²) in [6.07, 6.45) is 1.06. The van der Waals surface area contributed by atoms with Gasteiger partial charge in [-0.2, -0.15) is 4.98 Å². The van der Waals surface area contributed by atoms with Crippen LogP contribution in [-0.2, 0) is 0 Å². The highest BCUT2D eigenvalue weighted by Crippen LogP contribution is 2.07. The zero-order valence-corrected chi connectivity index (χ0v) is 7.71. The van der Waals surface area contributed by atoms with Gasteiger partial charge in [-0.1, -0.05) is 13.8 Å². The number of halogens is 1. The molecule has 4 nitrogen and oxygen atoms in total. The Morgan fingerprint density at radius 1 is 1.62 bits per heavy atom. The number of nitrogen functional groups attached to an aromatic ring is 1. The molecule has 0 fully saturated rings. The van der Waals surface area contributed by atoms with E-state index in [1.807, 2.05) is 0 Å². The highest BCUT2D eigenvalue weighted by Gasteiger charge is 2.02. The van der Waals surface area contributed by atoms with Gasteiger partial charge in [-0.15, -0.1) is 0 Å². The fourth-order valence-electron chi connectivity index (χ4n) is 0.761. The molecular weight excluding hydrogens is 171 g/mol. The molecule has 0 spiro atoms. The average Bonchev–Trinajstić information content (AvgIpc) is 2.07. The van der Waals surface area contributed by atoms with Gasteiger partial charge in [0.15, 0.2) is 11.6 Å². The summed E-state index contributed by atoms with van der Waals surface area (Å²) >= 11 is 0. The molecule has 1 aromatic rings. The Labute approximate surface area is 76.4 Å². The van der Waals surface area contributed by atoms with E-state index < -0.39 is 5.82 Å². The maximum atomic E-state index is 12.6. The van der Waals surface area contributed by atoms with Crippen molar-refractivity contribution >= 4 is 11.8 Å². The number of nitrogens with zero attached hydrogens (tertiary/aromatic N) is 2. The van der Waals surface area contributed by atoms with Gasteiger partial charge in [0.1, 0.15) is 0 Å². The molecule has 13 heavy (non-hydrogen) atoms. The quantitative estimate of drug-likeness (QED) is 0.742. The summed E-state index contributed by atoms with van der Waals surface area (Å²) in [4.78, 5) is 7.46. The molecule has 0 aromatic carbocycles. The second kappa shape index (κ2) is 4.02. The molecule has 0 amide bonds. The van der Waals surface area contributed by atoms with Crippen LogP contribution in [0.15, 0.2) is 6.20 Å². The van der Waals surface area contributed by atoms with Gasteiger partial charge < -0.3 is 11.1 Å². The number of hydrogen-bond donors (Lipinski definition) is 2. The number of hydrogen-bond acceptors (Lipinski definition) is 4. The van der Waals surface area contributed by atoms with E-state index in [4.69, 9.17) is 5.73 Å². The summed E-state index contributed by atoms with van der Waals surface area (Å²) in [5.74, 6) is 0.138. The summed E-state index contributed by atoms with van der Waals surface area (Å²) in [6, 6.07) is 0. The second-order valence-corrected chi connectivity index (χ2v) is 3.20. The maximum absolute atomic E-state index is 12.6. The van der Waals surface area contributed by atoms with E-state index in [2.05, 4.69) is 29.1 Å². The van der Waals surface area contributed by atoms with Crippen LogP contribution < -0.4 is 11.1 Å². The minimum absolute atomic E-state index is 0.124. The molecule has 0 saturated heterocycles. The smallest absolute Gasteiger partial charge is 0.224 e. The fraction of sp³-hybridized carbons (Fsp3) is 0.500. The third kappa shape index (κ3) is 2.85. The first kappa shape index (κ1) is 9.70. The Morgan fingerprint density at radius 2 is 2.31 bits per heavy atom. The molecule has 3 N–H and O–H groups in total. The van der Waals surface area contributed by atoms with Gasteiger partial charge in [0, 0.05) is 6.54 Å². The molecule has 0 radical (unpaired) electrons. The van der Waals surface area contributed by atoms with Crippen LogP contribution >= 0.6 is 0 Å². The van der Waals surface area contributed by atoms with Crippen LogP contribution in [0.2, 0.25) is 0 Å². The first-order valence-electron chi connectivity index (χ1n) is 4.11. The predicted octanol–water partition coefficient (Wildman–Crippen LogP) is 1.27. The van der Waals surface area contributed by atoms with Gasteiger partial charge in [-0.25, -0.2) is 9.37 Å². The minimum Gasteiger partial charge on any atom is -0.381 e. The van der Waals surface area contributed by atoms with E-state index in [-0.39, 0.29) is 5.82 Å². The number of nitrogens with two attached hydrogens (primary N) is 1. The zero-order valence-electron chi connectivity index (χ0n) is 7.71. The molecule has 1 rings (SSSR count). The van der Waals surface area contributed by atoms with Crippen LogP contribution in [-0.4, -0.2) is 16.5 Å². The van der Waals surface area contributed by atoms with Gasteiger partial charge in [0.05, 0.1) is 6.20 Å². The zero-order chi connectivity index (χ0) is 9.84. The fourth-order valence-corrected chi connectivity index (χ4v) is 0.761. The molecule has 0 aliphatic rings. The van der Waals surface area contributed by atoms with Crippen LogP contribution in [0.25, 0.3) is 0 Å². The molecule has 0 aliphatic carbocycles. The third-order valence-corrected chi connectivity index (χ3v) is 1.44. The van der Waals surface area contributed by atoms with Gasteiger partial charge in [0.25, 0.3) is 0 Å². The largest absolute Gasteiger partial charge is 0.381 e. The Kier molecular flexibility index (Phi) is 3.00. The molecule has 0 saturated carbocycles. The molecule has 1 heterocycles. The van der Waals surface area contributed by atoms with E-state index in [1.54, 1.807) is 0 Å². The number of nitrogens with one attached hydrogen (secondary N) is 1. The van der Waals surface area contributed by atoms with Crippen molar-refractivity contribution in [1.82, 2.24) is 9.97 Å². The summed E-state index contributed by atoms with van der Waals surface area (Å²) < 4.78 is 12.6. The predicted molar refractivity (Wildman–Crippen MR) is 49.7 cm³/mol. The van der Waals surface area contributed by atoms with Crippen molar-refractivity contribution in [3.8, 4) is 0 Å². The number of aromatic nitrogens is 2. The van der Waals surface area contributed by atoms with E-state index in [9.17, 15) is 4.39 Å². The van der Waals surface area contributed by atoms with Crippen LogP contribution in [0, 0.1) is 11.7 Å². The van der Waals surface area contributed by atoms with Crippen LogP contribution in [0.1, 0.15) is 13.8 Å². The minimum atomic E-state index is -0.588. The summed E-state index contributed by atoms with van der Waals surface area (Å²) in [6.45, 7) is 4.85. The summed E-state index contributed by atoms with van der Waals surface area (Å²) in [5, 5.41) is 2.94. The van der Waals surface area contributed by atoms with Gasteiger partial charge >= 0.3 is 0 Å². The Morgan fingerprint density at radius 3 is 2.85 bits per heavy atom. The highest BCUT2D eigenvalue weighted by atomic mass is 19.1. The molecule has 0 aliphatic heterocycles. The topological polar surface area (TPSA) is 63.8 Å². The van der Waals surface area contributed by atoms with Crippen molar-refractivity contribution in [2.45, 2.75) is 13.8 Å². The Balaban J connectivity index is 2.63.